The maximum atomic E-state index is 5.51. The Hall–Kier alpha value is -2.77. The summed E-state index contributed by atoms with van der Waals surface area (Å²) in [7, 11) is 1.97. The molecular formula is C19H22N6O. The largest absolute Gasteiger partial charge is 0.377 e. The zero-order valence-corrected chi connectivity index (χ0v) is 14.7. The molecular weight excluding hydrogens is 328 g/mol. The predicted octanol–water partition coefficient (Wildman–Crippen LogP) is 1.90. The van der Waals surface area contributed by atoms with Crippen LogP contribution in [0.25, 0.3) is 0 Å². The van der Waals surface area contributed by atoms with Gasteiger partial charge in [-0.25, -0.2) is 4.99 Å². The molecule has 0 saturated carbocycles. The fourth-order valence-electron chi connectivity index (χ4n) is 2.80. The maximum Gasteiger partial charge on any atom is 0.207 e. The van der Waals surface area contributed by atoms with E-state index in [1.54, 1.807) is 12.4 Å². The number of guanidine groups is 1. The average molecular weight is 350 g/mol. The summed E-state index contributed by atoms with van der Waals surface area (Å²) in [6.45, 7) is 1.62. The Morgan fingerprint density at radius 1 is 1.15 bits per heavy atom. The molecule has 0 bridgehead atoms. The number of hydrogen-bond acceptors (Lipinski definition) is 7. The standard InChI is InChI=1S/C19H22N6O/c1-25-18(21-13-16-9-12-26-16)23-17(14-5-3-2-4-6-14)24-19(25)22-15-7-10-20-11-8-15/h2-8,10-11,16,18,21H,9,12-13H2,1H3,(H,20,22,23,24). The van der Waals surface area contributed by atoms with E-state index in [9.17, 15) is 0 Å². The van der Waals surface area contributed by atoms with Crippen LogP contribution in [0.5, 0.6) is 0 Å². The van der Waals surface area contributed by atoms with Crippen LogP contribution >= 0.6 is 0 Å². The lowest BCUT2D eigenvalue weighted by molar-refractivity contribution is -0.0509. The number of nitrogens with zero attached hydrogens (tertiary/aromatic N) is 4. The van der Waals surface area contributed by atoms with Crippen molar-refractivity contribution in [1.29, 1.82) is 0 Å². The van der Waals surface area contributed by atoms with Crippen molar-refractivity contribution < 1.29 is 4.74 Å². The summed E-state index contributed by atoms with van der Waals surface area (Å²) >= 11 is 0. The number of aliphatic imine (C=N–C) groups is 2. The van der Waals surface area contributed by atoms with Crippen LogP contribution in [0.15, 0.2) is 64.8 Å². The number of amidine groups is 1. The van der Waals surface area contributed by atoms with E-state index >= 15 is 0 Å². The fourth-order valence-corrected chi connectivity index (χ4v) is 2.80. The lowest BCUT2D eigenvalue weighted by atomic mass is 10.2. The average Bonchev–Trinajstić information content (AvgIpc) is 2.65. The molecule has 1 saturated heterocycles. The van der Waals surface area contributed by atoms with Gasteiger partial charge in [-0.05, 0) is 18.6 Å². The van der Waals surface area contributed by atoms with E-state index in [2.05, 4.69) is 15.6 Å². The Bertz CT molecular complexity index is 788. The summed E-state index contributed by atoms with van der Waals surface area (Å²) in [6, 6.07) is 13.8. The third-order valence-corrected chi connectivity index (χ3v) is 4.45. The van der Waals surface area contributed by atoms with Crippen LogP contribution in [0, 0.1) is 0 Å². The summed E-state index contributed by atoms with van der Waals surface area (Å²) < 4.78 is 5.51. The molecule has 4 rings (SSSR count). The van der Waals surface area contributed by atoms with Crippen molar-refractivity contribution in [3.05, 3.63) is 60.4 Å². The highest BCUT2D eigenvalue weighted by atomic mass is 16.5. The van der Waals surface area contributed by atoms with Gasteiger partial charge in [-0.15, -0.1) is 0 Å². The number of benzene rings is 1. The number of pyridine rings is 1. The molecule has 0 aliphatic carbocycles. The van der Waals surface area contributed by atoms with Crippen molar-refractivity contribution in [2.24, 2.45) is 9.98 Å². The van der Waals surface area contributed by atoms with E-state index in [-0.39, 0.29) is 12.4 Å². The van der Waals surface area contributed by atoms with E-state index in [4.69, 9.17) is 14.7 Å². The van der Waals surface area contributed by atoms with Gasteiger partial charge in [-0.1, -0.05) is 30.3 Å². The molecule has 2 aliphatic heterocycles. The van der Waals surface area contributed by atoms with Gasteiger partial charge in [0.05, 0.1) is 6.10 Å². The van der Waals surface area contributed by atoms with E-state index < -0.39 is 0 Å². The van der Waals surface area contributed by atoms with E-state index in [0.29, 0.717) is 5.84 Å². The van der Waals surface area contributed by atoms with Crippen molar-refractivity contribution in [1.82, 2.24) is 15.2 Å². The minimum absolute atomic E-state index is 0.212. The summed E-state index contributed by atoms with van der Waals surface area (Å²) in [5, 5.41) is 6.83. The third kappa shape index (κ3) is 3.74. The van der Waals surface area contributed by atoms with Gasteiger partial charge in [0.1, 0.15) is 0 Å². The molecule has 2 unspecified atom stereocenters. The monoisotopic (exact) mass is 350 g/mol. The molecule has 7 heteroatoms. The number of anilines is 1. The fraction of sp³-hybridized carbons (Fsp3) is 0.316. The molecule has 1 fully saturated rings. The van der Waals surface area contributed by atoms with Crippen LogP contribution in [0.2, 0.25) is 0 Å². The highest BCUT2D eigenvalue weighted by molar-refractivity contribution is 6.10. The molecule has 26 heavy (non-hydrogen) atoms. The van der Waals surface area contributed by atoms with Crippen LogP contribution in [0.3, 0.4) is 0 Å². The zero-order valence-electron chi connectivity index (χ0n) is 14.7. The highest BCUT2D eigenvalue weighted by Gasteiger charge is 2.26. The number of hydrogen-bond donors (Lipinski definition) is 2. The molecule has 0 amide bonds. The second-order valence-electron chi connectivity index (χ2n) is 6.29. The minimum atomic E-state index is -0.212. The highest BCUT2D eigenvalue weighted by Crippen LogP contribution is 2.15. The molecule has 1 aromatic heterocycles. The Balaban J connectivity index is 1.58. The SMILES string of the molecule is CN1C(Nc2ccncc2)=NC(c2ccccc2)=NC1NCC1CCO1. The number of aromatic nitrogens is 1. The van der Waals surface area contributed by atoms with Gasteiger partial charge in [0, 0.05) is 43.8 Å². The number of ether oxygens (including phenoxy) is 1. The van der Waals surface area contributed by atoms with Gasteiger partial charge in [0.25, 0.3) is 0 Å². The normalized spacial score (nSPS) is 22.3. The molecule has 2 atom stereocenters. The van der Waals surface area contributed by atoms with Crippen molar-refractivity contribution in [2.75, 3.05) is 25.5 Å². The predicted molar refractivity (Wildman–Crippen MR) is 102 cm³/mol. The Morgan fingerprint density at radius 2 is 1.92 bits per heavy atom. The summed E-state index contributed by atoms with van der Waals surface area (Å²) in [6.07, 6.45) is 4.66. The second kappa shape index (κ2) is 7.63. The van der Waals surface area contributed by atoms with Crippen LogP contribution in [-0.2, 0) is 4.74 Å². The van der Waals surface area contributed by atoms with Crippen molar-refractivity contribution >= 4 is 17.5 Å². The van der Waals surface area contributed by atoms with Crippen LogP contribution < -0.4 is 10.6 Å². The van der Waals surface area contributed by atoms with Crippen LogP contribution in [0.4, 0.5) is 5.69 Å². The topological polar surface area (TPSA) is 74.1 Å². The van der Waals surface area contributed by atoms with E-state index in [0.717, 1.165) is 36.8 Å². The zero-order chi connectivity index (χ0) is 17.8. The first-order valence-electron chi connectivity index (χ1n) is 8.76. The summed E-state index contributed by atoms with van der Waals surface area (Å²) in [5.74, 6) is 1.43. The number of nitrogens with one attached hydrogen (secondary N) is 2. The van der Waals surface area contributed by atoms with Gasteiger partial charge in [-0.3, -0.25) is 10.3 Å². The van der Waals surface area contributed by atoms with Crippen molar-refractivity contribution in [3.63, 3.8) is 0 Å². The lowest BCUT2D eigenvalue weighted by Crippen LogP contribution is -2.53. The first kappa shape index (κ1) is 16.7. The quantitative estimate of drug-likeness (QED) is 0.862. The molecule has 1 aromatic carbocycles. The van der Waals surface area contributed by atoms with E-state index in [1.807, 2.05) is 54.4 Å². The number of rotatable bonds is 5. The lowest BCUT2D eigenvalue weighted by Gasteiger charge is -2.35. The summed E-state index contributed by atoms with van der Waals surface area (Å²) in [5.41, 5.74) is 1.92. The van der Waals surface area contributed by atoms with Gasteiger partial charge in [0.2, 0.25) is 5.96 Å². The minimum Gasteiger partial charge on any atom is -0.377 e. The van der Waals surface area contributed by atoms with Crippen LogP contribution in [-0.4, -0.2) is 54.3 Å². The summed E-state index contributed by atoms with van der Waals surface area (Å²) in [4.78, 5) is 15.6. The van der Waals surface area contributed by atoms with Crippen LogP contribution in [0.1, 0.15) is 12.0 Å². The molecule has 0 spiro atoms. The van der Waals surface area contributed by atoms with Crippen molar-refractivity contribution in [3.8, 4) is 0 Å². The van der Waals surface area contributed by atoms with Gasteiger partial charge < -0.3 is 15.0 Å². The molecule has 2 N–H and O–H groups in total. The first-order chi connectivity index (χ1) is 12.8. The first-order valence-corrected chi connectivity index (χ1v) is 8.76. The smallest absolute Gasteiger partial charge is 0.207 e. The van der Waals surface area contributed by atoms with Gasteiger partial charge >= 0.3 is 0 Å². The molecule has 2 aliphatic rings. The Kier molecular flexibility index (Phi) is 4.90. The molecule has 3 heterocycles. The molecule has 7 nitrogen and oxygen atoms in total. The van der Waals surface area contributed by atoms with Gasteiger partial charge in [0.15, 0.2) is 12.1 Å². The molecule has 2 aromatic rings. The molecule has 134 valence electrons. The Morgan fingerprint density at radius 3 is 2.62 bits per heavy atom. The molecule has 0 radical (unpaired) electrons. The third-order valence-electron chi connectivity index (χ3n) is 4.45. The maximum absolute atomic E-state index is 5.51. The Labute approximate surface area is 152 Å². The van der Waals surface area contributed by atoms with Gasteiger partial charge in [-0.2, -0.15) is 4.99 Å². The van der Waals surface area contributed by atoms with E-state index in [1.165, 1.54) is 0 Å². The van der Waals surface area contributed by atoms with Crippen molar-refractivity contribution in [2.45, 2.75) is 18.8 Å². The second-order valence-corrected chi connectivity index (χ2v) is 6.29.